The Bertz CT molecular complexity index is 2050. The van der Waals surface area contributed by atoms with Gasteiger partial charge < -0.3 is 51.9 Å². The summed E-state index contributed by atoms with van der Waals surface area (Å²) in [6.45, 7) is 14.5. The molecule has 4 atom stereocenters. The van der Waals surface area contributed by atoms with Crippen LogP contribution in [0.1, 0.15) is 121 Å². The smallest absolute Gasteiger partial charge is 0.320 e. The fourth-order valence-corrected chi connectivity index (χ4v) is 8.84. The molecule has 4 aromatic rings. The molecule has 8 bridgehead atoms. The van der Waals surface area contributed by atoms with E-state index in [2.05, 4.69) is 62.8 Å². The Hall–Kier alpha value is -5.14. The molecular weight excluding hydrogens is 761 g/mol. The van der Waals surface area contributed by atoms with Crippen LogP contribution in [0.25, 0.3) is 0 Å². The van der Waals surface area contributed by atoms with Crippen molar-refractivity contribution in [1.82, 2.24) is 21.3 Å². The highest BCUT2D eigenvalue weighted by Crippen LogP contribution is 2.41. The van der Waals surface area contributed by atoms with Crippen molar-refractivity contribution < 1.29 is 40.2 Å². The van der Waals surface area contributed by atoms with Crippen LogP contribution in [-0.4, -0.2) is 79.8 Å². The minimum atomic E-state index is -0.879. The highest BCUT2D eigenvalue weighted by Gasteiger charge is 2.31. The van der Waals surface area contributed by atoms with Crippen molar-refractivity contribution in [2.24, 2.45) is 0 Å². The number of phenols is 4. The van der Waals surface area contributed by atoms with E-state index in [0.29, 0.717) is 83.5 Å². The zero-order chi connectivity index (χ0) is 43.3. The lowest BCUT2D eigenvalue weighted by Gasteiger charge is -2.25. The third-order valence-electron chi connectivity index (χ3n) is 12.5. The second-order valence-electron chi connectivity index (χ2n) is 19.2. The molecule has 4 aromatic carbocycles. The maximum atomic E-state index is 12.1. The van der Waals surface area contributed by atoms with Crippen molar-refractivity contribution in [1.29, 1.82) is 0 Å². The molecule has 60 heavy (non-hydrogen) atoms. The van der Waals surface area contributed by atoms with Crippen molar-refractivity contribution in [3.63, 3.8) is 0 Å². The SMILES string of the molecule is CC(C)(C)c1cc2c(O)c(c1)Cc1cc(CN[C@H]3CN[C@H](C(=O)O)C3)cc(c1O)Cc1cc(C(C)(C)C)cc(c1O)Cc1cc(CN[C@H]3CN[C@H](C(=O)O)C3)cc(c1O)C2. The predicted octanol–water partition coefficient (Wildman–Crippen LogP) is 5.59. The number of phenolic OH excluding ortho intramolecular Hbond substituents is 4. The van der Waals surface area contributed by atoms with E-state index in [9.17, 15) is 40.2 Å². The molecule has 2 aliphatic heterocycles. The largest absolute Gasteiger partial charge is 0.507 e. The van der Waals surface area contributed by atoms with Crippen molar-refractivity contribution in [2.75, 3.05) is 13.1 Å². The first-order valence-electron chi connectivity index (χ1n) is 21.0. The van der Waals surface area contributed by atoms with Gasteiger partial charge in [-0.25, -0.2) is 0 Å². The van der Waals surface area contributed by atoms with E-state index < -0.39 is 24.0 Å². The fourth-order valence-electron chi connectivity index (χ4n) is 8.84. The Labute approximate surface area is 352 Å². The molecule has 10 N–H and O–H groups in total. The van der Waals surface area contributed by atoms with Gasteiger partial charge in [0.2, 0.25) is 0 Å². The van der Waals surface area contributed by atoms with Crippen LogP contribution < -0.4 is 21.3 Å². The summed E-state index contributed by atoms with van der Waals surface area (Å²) in [5.41, 5.74) is 8.05. The summed E-state index contributed by atoms with van der Waals surface area (Å²) in [5, 5.41) is 80.5. The first kappa shape index (κ1) is 43.0. The minimum absolute atomic E-state index is 0.0590. The second-order valence-corrected chi connectivity index (χ2v) is 19.2. The summed E-state index contributed by atoms with van der Waals surface area (Å²) in [4.78, 5) is 23.2. The van der Waals surface area contributed by atoms with Gasteiger partial charge in [0.15, 0.2) is 0 Å². The van der Waals surface area contributed by atoms with Crippen LogP contribution in [0.4, 0.5) is 0 Å². The summed E-state index contributed by atoms with van der Waals surface area (Å²) in [7, 11) is 0. The van der Waals surface area contributed by atoms with Gasteiger partial charge in [-0.3, -0.25) is 9.59 Å². The fraction of sp³-hybridized carbons (Fsp3) is 0.458. The lowest BCUT2D eigenvalue weighted by atomic mass is 9.81. The van der Waals surface area contributed by atoms with Crippen LogP contribution in [0.5, 0.6) is 23.0 Å². The van der Waals surface area contributed by atoms with Crippen LogP contribution in [0.15, 0.2) is 48.5 Å². The summed E-state index contributed by atoms with van der Waals surface area (Å²) in [5.74, 6) is -1.44. The van der Waals surface area contributed by atoms with Gasteiger partial charge in [0.25, 0.3) is 0 Å². The maximum Gasteiger partial charge on any atom is 0.320 e. The van der Waals surface area contributed by atoms with Crippen molar-refractivity contribution in [3.05, 3.63) is 115 Å². The van der Waals surface area contributed by atoms with E-state index in [1.165, 1.54) is 0 Å². The van der Waals surface area contributed by atoms with Crippen molar-refractivity contribution in [2.45, 2.75) is 128 Å². The summed E-state index contributed by atoms with van der Waals surface area (Å²) in [6, 6.07) is 14.3. The van der Waals surface area contributed by atoms with Crippen molar-refractivity contribution in [3.8, 4) is 23.0 Å². The van der Waals surface area contributed by atoms with Gasteiger partial charge in [-0.15, -0.1) is 0 Å². The van der Waals surface area contributed by atoms with Crippen LogP contribution in [-0.2, 0) is 59.2 Å². The third kappa shape index (κ3) is 9.42. The summed E-state index contributed by atoms with van der Waals surface area (Å²) < 4.78 is 0. The average molecular weight is 821 g/mol. The Morgan fingerprint density at radius 1 is 0.517 bits per heavy atom. The van der Waals surface area contributed by atoms with E-state index in [4.69, 9.17) is 0 Å². The van der Waals surface area contributed by atoms with E-state index in [-0.39, 0.29) is 71.6 Å². The number of aromatic hydroxyl groups is 4. The molecule has 7 rings (SSSR count). The molecule has 3 aliphatic rings. The zero-order valence-corrected chi connectivity index (χ0v) is 35.5. The number of aliphatic carboxylic acids is 2. The van der Waals surface area contributed by atoms with Gasteiger partial charge in [0.05, 0.1) is 0 Å². The molecule has 0 saturated carbocycles. The minimum Gasteiger partial charge on any atom is -0.507 e. The van der Waals surface area contributed by atoms with Gasteiger partial charge in [-0.05, 0) is 90.4 Å². The number of carboxylic acid groups (broad SMARTS) is 2. The molecule has 2 heterocycles. The first-order chi connectivity index (χ1) is 28.2. The van der Waals surface area contributed by atoms with E-state index in [1.807, 2.05) is 48.5 Å². The Kier molecular flexibility index (Phi) is 12.0. The van der Waals surface area contributed by atoms with Gasteiger partial charge in [0.1, 0.15) is 35.1 Å². The monoisotopic (exact) mass is 820 g/mol. The predicted molar refractivity (Wildman–Crippen MR) is 230 cm³/mol. The topological polar surface area (TPSA) is 204 Å². The quantitative estimate of drug-likeness (QED) is 0.0932. The van der Waals surface area contributed by atoms with Crippen molar-refractivity contribution >= 4 is 11.9 Å². The number of hydrogen-bond donors (Lipinski definition) is 10. The summed E-state index contributed by atoms with van der Waals surface area (Å²) in [6.07, 6.45) is 1.70. The molecule has 0 unspecified atom stereocenters. The lowest BCUT2D eigenvalue weighted by Crippen LogP contribution is -2.30. The van der Waals surface area contributed by atoms with Gasteiger partial charge >= 0.3 is 11.9 Å². The number of rotatable bonds is 8. The number of carboxylic acids is 2. The Morgan fingerprint density at radius 2 is 0.783 bits per heavy atom. The zero-order valence-electron chi connectivity index (χ0n) is 35.5. The average Bonchev–Trinajstić information content (AvgIpc) is 3.86. The van der Waals surface area contributed by atoms with E-state index in [0.717, 1.165) is 22.3 Å². The molecule has 0 aromatic heterocycles. The Balaban J connectivity index is 1.36. The third-order valence-corrected chi connectivity index (χ3v) is 12.5. The van der Waals surface area contributed by atoms with Crippen LogP contribution in [0, 0.1) is 0 Å². The van der Waals surface area contributed by atoms with Crippen LogP contribution in [0.2, 0.25) is 0 Å². The molecule has 320 valence electrons. The van der Waals surface area contributed by atoms with E-state index in [1.54, 1.807) is 0 Å². The van der Waals surface area contributed by atoms with Gasteiger partial charge in [0, 0.05) is 63.9 Å². The normalized spacial score (nSPS) is 20.6. The molecule has 0 amide bonds. The number of nitrogens with one attached hydrogen (secondary N) is 4. The highest BCUT2D eigenvalue weighted by atomic mass is 16.4. The van der Waals surface area contributed by atoms with Gasteiger partial charge in [-0.2, -0.15) is 0 Å². The highest BCUT2D eigenvalue weighted by molar-refractivity contribution is 5.74. The molecule has 2 saturated heterocycles. The summed E-state index contributed by atoms with van der Waals surface area (Å²) >= 11 is 0. The standard InChI is InChI=1S/C48H60N4O8/c1-47(2,3)35-15-31-11-27-7-25(21-49-37-19-39(45(57)58)51-23-37)9-29(41(27)53)13-33-17-36(48(4,5)6)18-34(44(33)56)14-30-10-26(22-50-38-20-40(46(59)60)52-24-38)8-28(42(30)54)12-32(16-35)43(31)55/h7-10,15-18,37-40,49-56H,11-14,19-24H2,1-6H3,(H,57,58)(H,59,60)/t37-,38-,39+,40+/m1/s1. The number of hydrogen-bond acceptors (Lipinski definition) is 10. The molecule has 0 radical (unpaired) electrons. The van der Waals surface area contributed by atoms with E-state index >= 15 is 0 Å². The Morgan fingerprint density at radius 3 is 1.02 bits per heavy atom. The van der Waals surface area contributed by atoms with Crippen LogP contribution >= 0.6 is 0 Å². The lowest BCUT2D eigenvalue weighted by molar-refractivity contribution is -0.140. The second kappa shape index (κ2) is 16.7. The molecule has 0 spiro atoms. The molecular formula is C48H60N4O8. The molecule has 1 aliphatic carbocycles. The number of benzene rings is 4. The maximum absolute atomic E-state index is 12.1. The van der Waals surface area contributed by atoms with Gasteiger partial charge in [-0.1, -0.05) is 90.1 Å². The molecule has 12 nitrogen and oxygen atoms in total. The van der Waals surface area contributed by atoms with Crippen LogP contribution in [0.3, 0.4) is 0 Å². The number of fused-ring (bicyclic) bond motifs is 8. The molecule has 12 heteroatoms. The number of carbonyl (C=O) groups is 2. The first-order valence-corrected chi connectivity index (χ1v) is 21.0. The molecule has 2 fully saturated rings.